The molecular formula is C8H6BrNO. The number of hydrogen-bond acceptors (Lipinski definition) is 2. The largest absolute Gasteiger partial charge is 0.497 e. The fourth-order valence-corrected chi connectivity index (χ4v) is 1.05. The Morgan fingerprint density at radius 3 is 2.82 bits per heavy atom. The Kier molecular flexibility index (Phi) is 2.50. The Morgan fingerprint density at radius 1 is 1.55 bits per heavy atom. The average Bonchev–Trinajstić information content (AvgIpc) is 2.05. The minimum atomic E-state index is 0.587. The molecule has 0 bridgehead atoms. The zero-order chi connectivity index (χ0) is 8.27. The van der Waals surface area contributed by atoms with Gasteiger partial charge in [-0.3, -0.25) is 0 Å². The van der Waals surface area contributed by atoms with Gasteiger partial charge in [-0.2, -0.15) is 5.26 Å². The predicted molar refractivity (Wildman–Crippen MR) is 45.4 cm³/mol. The Morgan fingerprint density at radius 2 is 2.27 bits per heavy atom. The Balaban J connectivity index is 3.15. The summed E-state index contributed by atoms with van der Waals surface area (Å²) >= 11 is 3.24. The maximum atomic E-state index is 8.60. The predicted octanol–water partition coefficient (Wildman–Crippen LogP) is 2.33. The quantitative estimate of drug-likeness (QED) is 0.715. The second kappa shape index (κ2) is 3.40. The van der Waals surface area contributed by atoms with E-state index in [0.717, 1.165) is 4.47 Å². The first-order chi connectivity index (χ1) is 5.27. The third-order valence-corrected chi connectivity index (χ3v) is 1.99. The van der Waals surface area contributed by atoms with Crippen molar-refractivity contribution >= 4 is 15.9 Å². The highest BCUT2D eigenvalue weighted by atomic mass is 79.9. The van der Waals surface area contributed by atoms with Crippen molar-refractivity contribution in [2.45, 2.75) is 0 Å². The van der Waals surface area contributed by atoms with Gasteiger partial charge in [0.2, 0.25) is 0 Å². The molecule has 0 unspecified atom stereocenters. The summed E-state index contributed by atoms with van der Waals surface area (Å²) in [6, 6.07) is 7.31. The van der Waals surface area contributed by atoms with Crippen molar-refractivity contribution in [1.82, 2.24) is 0 Å². The van der Waals surface area contributed by atoms with Gasteiger partial charge in [0.1, 0.15) is 11.8 Å². The SMILES string of the molecule is COc1ccc(Br)c(C#N)c1. The zero-order valence-electron chi connectivity index (χ0n) is 5.97. The number of ether oxygens (including phenoxy) is 1. The molecule has 0 atom stereocenters. The lowest BCUT2D eigenvalue weighted by Crippen LogP contribution is -1.84. The number of nitrogens with zero attached hydrogens (tertiary/aromatic N) is 1. The topological polar surface area (TPSA) is 33.0 Å². The highest BCUT2D eigenvalue weighted by Crippen LogP contribution is 2.21. The van der Waals surface area contributed by atoms with Crippen molar-refractivity contribution in [3.63, 3.8) is 0 Å². The van der Waals surface area contributed by atoms with Gasteiger partial charge in [0.15, 0.2) is 0 Å². The van der Waals surface area contributed by atoms with Crippen LogP contribution in [-0.2, 0) is 0 Å². The molecule has 1 aromatic carbocycles. The van der Waals surface area contributed by atoms with Gasteiger partial charge >= 0.3 is 0 Å². The maximum Gasteiger partial charge on any atom is 0.120 e. The van der Waals surface area contributed by atoms with Crippen molar-refractivity contribution < 1.29 is 4.74 Å². The van der Waals surface area contributed by atoms with Crippen molar-refractivity contribution in [1.29, 1.82) is 5.26 Å². The minimum Gasteiger partial charge on any atom is -0.497 e. The van der Waals surface area contributed by atoms with E-state index >= 15 is 0 Å². The van der Waals surface area contributed by atoms with Crippen LogP contribution in [0.3, 0.4) is 0 Å². The maximum absolute atomic E-state index is 8.60. The Bertz CT molecular complexity index is 303. The van der Waals surface area contributed by atoms with Gasteiger partial charge in [0.05, 0.1) is 12.7 Å². The van der Waals surface area contributed by atoms with Crippen molar-refractivity contribution in [2.24, 2.45) is 0 Å². The third kappa shape index (κ3) is 1.72. The van der Waals surface area contributed by atoms with Crippen LogP contribution >= 0.6 is 15.9 Å². The molecule has 0 radical (unpaired) electrons. The minimum absolute atomic E-state index is 0.587. The van der Waals surface area contributed by atoms with E-state index in [1.807, 2.05) is 6.07 Å². The van der Waals surface area contributed by atoms with Crippen LogP contribution in [0, 0.1) is 11.3 Å². The van der Waals surface area contributed by atoms with Gasteiger partial charge in [0, 0.05) is 4.47 Å². The van der Waals surface area contributed by atoms with Crippen molar-refractivity contribution in [2.75, 3.05) is 7.11 Å². The van der Waals surface area contributed by atoms with E-state index in [1.165, 1.54) is 0 Å². The standard InChI is InChI=1S/C8H6BrNO/c1-11-7-2-3-8(9)6(4-7)5-10/h2-4H,1H3. The molecule has 0 fully saturated rings. The van der Waals surface area contributed by atoms with E-state index in [0.29, 0.717) is 11.3 Å². The molecule has 0 aliphatic carbocycles. The van der Waals surface area contributed by atoms with E-state index in [2.05, 4.69) is 15.9 Å². The summed E-state index contributed by atoms with van der Waals surface area (Å²) in [7, 11) is 1.57. The summed E-state index contributed by atoms with van der Waals surface area (Å²) in [5, 5.41) is 8.60. The molecule has 2 nitrogen and oxygen atoms in total. The molecule has 0 N–H and O–H groups in total. The van der Waals surface area contributed by atoms with Crippen LogP contribution in [0.2, 0.25) is 0 Å². The van der Waals surface area contributed by atoms with Crippen molar-refractivity contribution in [3.8, 4) is 11.8 Å². The lowest BCUT2D eigenvalue weighted by Gasteiger charge is -1.99. The van der Waals surface area contributed by atoms with Crippen LogP contribution in [0.1, 0.15) is 5.56 Å². The number of methoxy groups -OCH3 is 1. The molecule has 11 heavy (non-hydrogen) atoms. The highest BCUT2D eigenvalue weighted by molar-refractivity contribution is 9.10. The zero-order valence-corrected chi connectivity index (χ0v) is 7.55. The second-order valence-corrected chi connectivity index (χ2v) is 2.81. The molecule has 3 heteroatoms. The summed E-state index contributed by atoms with van der Waals surface area (Å²) in [6.07, 6.45) is 0. The van der Waals surface area contributed by atoms with Crippen LogP contribution in [0.25, 0.3) is 0 Å². The van der Waals surface area contributed by atoms with E-state index in [9.17, 15) is 0 Å². The molecule has 1 aromatic rings. The molecular weight excluding hydrogens is 206 g/mol. The van der Waals surface area contributed by atoms with Crippen LogP contribution < -0.4 is 4.74 Å². The van der Waals surface area contributed by atoms with Crippen LogP contribution in [-0.4, -0.2) is 7.11 Å². The average molecular weight is 212 g/mol. The van der Waals surface area contributed by atoms with E-state index in [-0.39, 0.29) is 0 Å². The van der Waals surface area contributed by atoms with E-state index < -0.39 is 0 Å². The highest BCUT2D eigenvalue weighted by Gasteiger charge is 1.99. The smallest absolute Gasteiger partial charge is 0.120 e. The Hall–Kier alpha value is -1.01. The number of halogens is 1. The van der Waals surface area contributed by atoms with Crippen LogP contribution in [0.4, 0.5) is 0 Å². The molecule has 56 valence electrons. The molecule has 0 aliphatic heterocycles. The lowest BCUT2D eigenvalue weighted by atomic mass is 10.2. The van der Waals surface area contributed by atoms with Crippen LogP contribution in [0.5, 0.6) is 5.75 Å². The Labute approximate surface area is 73.5 Å². The normalized spacial score (nSPS) is 8.82. The summed E-state index contributed by atoms with van der Waals surface area (Å²) in [5.74, 6) is 0.699. The second-order valence-electron chi connectivity index (χ2n) is 1.96. The monoisotopic (exact) mass is 211 g/mol. The van der Waals surface area contributed by atoms with Gasteiger partial charge in [0.25, 0.3) is 0 Å². The van der Waals surface area contributed by atoms with Gasteiger partial charge in [-0.1, -0.05) is 0 Å². The lowest BCUT2D eigenvalue weighted by molar-refractivity contribution is 0.414. The molecule has 0 heterocycles. The first kappa shape index (κ1) is 8.09. The van der Waals surface area contributed by atoms with Gasteiger partial charge < -0.3 is 4.74 Å². The van der Waals surface area contributed by atoms with Gasteiger partial charge in [-0.25, -0.2) is 0 Å². The summed E-state index contributed by atoms with van der Waals surface area (Å²) in [6.45, 7) is 0. The summed E-state index contributed by atoms with van der Waals surface area (Å²) in [5.41, 5.74) is 0.587. The van der Waals surface area contributed by atoms with Gasteiger partial charge in [-0.15, -0.1) is 0 Å². The number of rotatable bonds is 1. The number of benzene rings is 1. The fourth-order valence-electron chi connectivity index (χ4n) is 0.717. The van der Waals surface area contributed by atoms with Crippen LogP contribution in [0.15, 0.2) is 22.7 Å². The summed E-state index contributed by atoms with van der Waals surface area (Å²) in [4.78, 5) is 0. The molecule has 1 rings (SSSR count). The molecule has 0 saturated heterocycles. The first-order valence-corrected chi connectivity index (χ1v) is 3.81. The molecule has 0 aliphatic rings. The third-order valence-electron chi connectivity index (χ3n) is 1.29. The molecule has 0 spiro atoms. The fraction of sp³-hybridized carbons (Fsp3) is 0.125. The van der Waals surface area contributed by atoms with Crippen molar-refractivity contribution in [3.05, 3.63) is 28.2 Å². The number of nitriles is 1. The molecule has 0 amide bonds. The van der Waals surface area contributed by atoms with Gasteiger partial charge in [-0.05, 0) is 34.1 Å². The molecule has 0 saturated carbocycles. The van der Waals surface area contributed by atoms with E-state index in [1.54, 1.807) is 25.3 Å². The summed E-state index contributed by atoms with van der Waals surface area (Å²) < 4.78 is 5.73. The molecule has 0 aromatic heterocycles. The van der Waals surface area contributed by atoms with E-state index in [4.69, 9.17) is 10.00 Å². The number of hydrogen-bond donors (Lipinski definition) is 0. The first-order valence-electron chi connectivity index (χ1n) is 3.01.